The Labute approximate surface area is 179 Å². The predicted molar refractivity (Wildman–Crippen MR) is 119 cm³/mol. The van der Waals surface area contributed by atoms with Crippen LogP contribution in [0.3, 0.4) is 0 Å². The largest absolute Gasteiger partial charge is 0.378 e. The summed E-state index contributed by atoms with van der Waals surface area (Å²) in [6.07, 6.45) is 1.44. The number of anilines is 2. The van der Waals surface area contributed by atoms with E-state index in [9.17, 15) is 9.59 Å². The Balaban J connectivity index is 1.44. The second-order valence-electron chi connectivity index (χ2n) is 7.37. The van der Waals surface area contributed by atoms with Gasteiger partial charge in [0.1, 0.15) is 11.0 Å². The average molecular weight is 422 g/mol. The normalized spacial score (nSPS) is 15.8. The Morgan fingerprint density at radius 2 is 1.80 bits per heavy atom. The number of aromatic nitrogens is 2. The Hall–Kier alpha value is -3.26. The molecule has 154 valence electrons. The molecule has 2 amide bonds. The molecule has 0 spiro atoms. The summed E-state index contributed by atoms with van der Waals surface area (Å²) in [7, 11) is 3.98. The van der Waals surface area contributed by atoms with Gasteiger partial charge < -0.3 is 9.80 Å². The molecule has 1 aliphatic heterocycles. The molecular formula is C22H23N5O2S. The van der Waals surface area contributed by atoms with Gasteiger partial charge in [0.15, 0.2) is 0 Å². The molecular weight excluding hydrogens is 398 g/mol. The zero-order valence-corrected chi connectivity index (χ0v) is 17.7. The van der Waals surface area contributed by atoms with Gasteiger partial charge in [0.2, 0.25) is 11.0 Å². The number of hydrogen-bond donors (Lipinski definition) is 1. The topological polar surface area (TPSA) is 78.4 Å². The SMILES string of the molecule is CN(C)c1ccc(-c2nnc(NC(=O)[C@H]3CCCN3C(=O)c3ccccc3)s2)cc1. The molecule has 3 aromatic rings. The van der Waals surface area contributed by atoms with Crippen LogP contribution in [0.2, 0.25) is 0 Å². The smallest absolute Gasteiger partial charge is 0.254 e. The van der Waals surface area contributed by atoms with Crippen molar-refractivity contribution in [3.05, 3.63) is 60.2 Å². The lowest BCUT2D eigenvalue weighted by molar-refractivity contribution is -0.119. The number of nitrogens with zero attached hydrogens (tertiary/aromatic N) is 4. The number of rotatable bonds is 5. The monoisotopic (exact) mass is 421 g/mol. The molecule has 0 radical (unpaired) electrons. The van der Waals surface area contributed by atoms with Crippen LogP contribution in [0, 0.1) is 0 Å². The fourth-order valence-corrected chi connectivity index (χ4v) is 4.26. The van der Waals surface area contributed by atoms with Crippen LogP contribution in [0.1, 0.15) is 23.2 Å². The second-order valence-corrected chi connectivity index (χ2v) is 8.34. The lowest BCUT2D eigenvalue weighted by atomic mass is 10.1. The van der Waals surface area contributed by atoms with Gasteiger partial charge in [0.25, 0.3) is 5.91 Å². The third-order valence-electron chi connectivity index (χ3n) is 5.12. The van der Waals surface area contributed by atoms with Crippen LogP contribution >= 0.6 is 11.3 Å². The fourth-order valence-electron chi connectivity index (χ4n) is 3.51. The molecule has 1 aliphatic rings. The maximum absolute atomic E-state index is 12.9. The molecule has 2 heterocycles. The number of carbonyl (C=O) groups is 2. The highest BCUT2D eigenvalue weighted by Crippen LogP contribution is 2.29. The molecule has 1 atom stereocenters. The molecule has 1 fully saturated rings. The molecule has 0 aliphatic carbocycles. The zero-order chi connectivity index (χ0) is 21.1. The van der Waals surface area contributed by atoms with Crippen LogP contribution in [-0.2, 0) is 4.79 Å². The Morgan fingerprint density at radius 1 is 1.07 bits per heavy atom. The van der Waals surface area contributed by atoms with Crippen molar-refractivity contribution in [3.63, 3.8) is 0 Å². The Bertz CT molecular complexity index is 1030. The van der Waals surface area contributed by atoms with Crippen LogP contribution in [0.5, 0.6) is 0 Å². The van der Waals surface area contributed by atoms with Crippen LogP contribution in [0.25, 0.3) is 10.6 Å². The van der Waals surface area contributed by atoms with Crippen molar-refractivity contribution in [3.8, 4) is 10.6 Å². The summed E-state index contributed by atoms with van der Waals surface area (Å²) in [6, 6.07) is 16.6. The van der Waals surface area contributed by atoms with Crippen molar-refractivity contribution < 1.29 is 9.59 Å². The minimum atomic E-state index is -0.496. The molecule has 4 rings (SSSR count). The van der Waals surface area contributed by atoms with E-state index in [0.29, 0.717) is 23.7 Å². The Morgan fingerprint density at radius 3 is 2.50 bits per heavy atom. The summed E-state index contributed by atoms with van der Waals surface area (Å²) in [5.41, 5.74) is 2.64. The van der Waals surface area contributed by atoms with Crippen molar-refractivity contribution in [2.75, 3.05) is 30.9 Å². The van der Waals surface area contributed by atoms with E-state index in [1.807, 2.05) is 61.5 Å². The molecule has 1 saturated heterocycles. The van der Waals surface area contributed by atoms with E-state index in [1.165, 1.54) is 11.3 Å². The van der Waals surface area contributed by atoms with Gasteiger partial charge >= 0.3 is 0 Å². The first-order valence-corrected chi connectivity index (χ1v) is 10.6. The number of carbonyl (C=O) groups excluding carboxylic acids is 2. The van der Waals surface area contributed by atoms with Gasteiger partial charge in [-0.2, -0.15) is 0 Å². The van der Waals surface area contributed by atoms with E-state index in [2.05, 4.69) is 15.5 Å². The molecule has 30 heavy (non-hydrogen) atoms. The first-order chi connectivity index (χ1) is 14.5. The summed E-state index contributed by atoms with van der Waals surface area (Å²) < 4.78 is 0. The van der Waals surface area contributed by atoms with Crippen LogP contribution in [0.4, 0.5) is 10.8 Å². The van der Waals surface area contributed by atoms with Gasteiger partial charge in [0.05, 0.1) is 0 Å². The second kappa shape index (κ2) is 8.62. The van der Waals surface area contributed by atoms with Gasteiger partial charge in [-0.05, 0) is 49.2 Å². The van der Waals surface area contributed by atoms with Gasteiger partial charge in [-0.25, -0.2) is 0 Å². The van der Waals surface area contributed by atoms with Gasteiger partial charge in [-0.3, -0.25) is 14.9 Å². The quantitative estimate of drug-likeness (QED) is 0.682. The van der Waals surface area contributed by atoms with Crippen molar-refractivity contribution in [1.82, 2.24) is 15.1 Å². The Kier molecular flexibility index (Phi) is 5.76. The van der Waals surface area contributed by atoms with E-state index in [0.717, 1.165) is 22.7 Å². The number of likely N-dealkylation sites (tertiary alicyclic amines) is 1. The summed E-state index contributed by atoms with van der Waals surface area (Å²) in [6.45, 7) is 0.575. The predicted octanol–water partition coefficient (Wildman–Crippen LogP) is 3.51. The molecule has 1 N–H and O–H groups in total. The minimum absolute atomic E-state index is 0.118. The van der Waals surface area contributed by atoms with E-state index < -0.39 is 6.04 Å². The molecule has 0 saturated carbocycles. The third-order valence-corrected chi connectivity index (χ3v) is 6.01. The zero-order valence-electron chi connectivity index (χ0n) is 16.9. The number of amides is 2. The molecule has 7 nitrogen and oxygen atoms in total. The summed E-state index contributed by atoms with van der Waals surface area (Å²) in [4.78, 5) is 29.3. The fraction of sp³-hybridized carbons (Fsp3) is 0.273. The number of hydrogen-bond acceptors (Lipinski definition) is 6. The van der Waals surface area contributed by atoms with Crippen molar-refractivity contribution in [1.29, 1.82) is 0 Å². The molecule has 8 heteroatoms. The third kappa shape index (κ3) is 4.18. The highest BCUT2D eigenvalue weighted by molar-refractivity contribution is 7.18. The first kappa shape index (κ1) is 20.0. The van der Waals surface area contributed by atoms with Gasteiger partial charge in [0, 0.05) is 37.5 Å². The molecule has 2 aromatic carbocycles. The van der Waals surface area contributed by atoms with Crippen molar-refractivity contribution in [2.24, 2.45) is 0 Å². The first-order valence-electron chi connectivity index (χ1n) is 9.81. The highest BCUT2D eigenvalue weighted by Gasteiger charge is 2.34. The summed E-state index contributed by atoms with van der Waals surface area (Å²) >= 11 is 1.32. The molecule has 1 aromatic heterocycles. The summed E-state index contributed by atoms with van der Waals surface area (Å²) in [5.74, 6) is -0.338. The van der Waals surface area contributed by atoms with E-state index >= 15 is 0 Å². The lowest BCUT2D eigenvalue weighted by Crippen LogP contribution is -2.43. The van der Waals surface area contributed by atoms with Gasteiger partial charge in [-0.15, -0.1) is 10.2 Å². The van der Waals surface area contributed by atoms with Crippen LogP contribution in [-0.4, -0.2) is 53.6 Å². The van der Waals surface area contributed by atoms with Crippen LogP contribution < -0.4 is 10.2 Å². The molecule has 0 bridgehead atoms. The molecule has 0 unspecified atom stereocenters. The van der Waals surface area contributed by atoms with E-state index in [4.69, 9.17) is 0 Å². The van der Waals surface area contributed by atoms with Gasteiger partial charge in [-0.1, -0.05) is 29.5 Å². The van der Waals surface area contributed by atoms with Crippen molar-refractivity contribution in [2.45, 2.75) is 18.9 Å². The maximum atomic E-state index is 12.9. The van der Waals surface area contributed by atoms with E-state index in [-0.39, 0.29) is 11.8 Å². The number of nitrogens with one attached hydrogen (secondary N) is 1. The lowest BCUT2D eigenvalue weighted by Gasteiger charge is -2.23. The standard InChI is InChI=1S/C22H23N5O2S/c1-26(2)17-12-10-15(11-13-17)20-24-25-22(30-20)23-19(28)18-9-6-14-27(18)21(29)16-7-4-3-5-8-16/h3-5,7-8,10-13,18H,6,9,14H2,1-2H3,(H,23,25,28)/t18-/m1/s1. The minimum Gasteiger partial charge on any atom is -0.378 e. The van der Waals surface area contributed by atoms with Crippen LogP contribution in [0.15, 0.2) is 54.6 Å². The average Bonchev–Trinajstić information content (AvgIpc) is 3.44. The maximum Gasteiger partial charge on any atom is 0.254 e. The highest BCUT2D eigenvalue weighted by atomic mass is 32.1. The number of benzene rings is 2. The summed E-state index contributed by atoms with van der Waals surface area (Å²) in [5, 5.41) is 12.3. The van der Waals surface area contributed by atoms with E-state index in [1.54, 1.807) is 17.0 Å². The van der Waals surface area contributed by atoms with Crippen molar-refractivity contribution >= 4 is 34.0 Å².